The highest BCUT2D eigenvalue weighted by Gasteiger charge is 2.49. The predicted octanol–water partition coefficient (Wildman–Crippen LogP) is 3.72. The van der Waals surface area contributed by atoms with Crippen LogP contribution in [0.25, 0.3) is 0 Å². The minimum Gasteiger partial charge on any atom is -0.445 e. The summed E-state index contributed by atoms with van der Waals surface area (Å²) in [6.07, 6.45) is -0.667. The first-order valence-corrected chi connectivity index (χ1v) is 10.4. The van der Waals surface area contributed by atoms with E-state index in [-0.39, 0.29) is 23.7 Å². The van der Waals surface area contributed by atoms with Gasteiger partial charge < -0.3 is 9.47 Å². The van der Waals surface area contributed by atoms with Gasteiger partial charge in [0.15, 0.2) is 0 Å². The molecule has 2 heterocycles. The molecule has 1 aliphatic heterocycles. The van der Waals surface area contributed by atoms with Crippen LogP contribution in [0.3, 0.4) is 0 Å². The maximum atomic E-state index is 14.3. The van der Waals surface area contributed by atoms with Gasteiger partial charge in [0.2, 0.25) is 5.75 Å². The van der Waals surface area contributed by atoms with E-state index in [4.69, 9.17) is 9.47 Å². The van der Waals surface area contributed by atoms with Crippen LogP contribution in [0.2, 0.25) is 0 Å². The Balaban J connectivity index is 1.55. The fourth-order valence-electron chi connectivity index (χ4n) is 3.69. The summed E-state index contributed by atoms with van der Waals surface area (Å²) in [6, 6.07) is 15.7. The Morgan fingerprint density at radius 1 is 1.09 bits per heavy atom. The number of halogens is 2. The van der Waals surface area contributed by atoms with E-state index in [9.17, 15) is 23.2 Å². The van der Waals surface area contributed by atoms with E-state index in [0.717, 1.165) is 15.7 Å². The van der Waals surface area contributed by atoms with Crippen LogP contribution in [0.1, 0.15) is 34.2 Å². The number of aromatic nitrogens is 2. The summed E-state index contributed by atoms with van der Waals surface area (Å²) in [5.41, 5.74) is 0.187. The number of esters is 1. The quantitative estimate of drug-likeness (QED) is 0.529. The maximum absolute atomic E-state index is 14.3. The molecule has 1 amide bonds. The first-order chi connectivity index (χ1) is 16.2. The van der Waals surface area contributed by atoms with Crippen LogP contribution in [0, 0.1) is 0 Å². The lowest BCUT2D eigenvalue weighted by atomic mass is 10.1. The van der Waals surface area contributed by atoms with E-state index in [0.29, 0.717) is 5.56 Å². The van der Waals surface area contributed by atoms with Gasteiger partial charge in [0, 0.05) is 13.5 Å². The second-order valence-corrected chi connectivity index (χ2v) is 7.84. The highest BCUT2D eigenvalue weighted by Crippen LogP contribution is 2.40. The molecule has 0 saturated carbocycles. The van der Waals surface area contributed by atoms with Gasteiger partial charge in [0.05, 0.1) is 24.3 Å². The zero-order valence-corrected chi connectivity index (χ0v) is 18.2. The van der Waals surface area contributed by atoms with Crippen LogP contribution >= 0.6 is 0 Å². The molecule has 0 bridgehead atoms. The normalized spacial score (nSPS) is 16.8. The molecule has 3 aromatic rings. The molecule has 10 heteroatoms. The molecule has 1 aliphatic rings. The minimum atomic E-state index is -3.19. The monoisotopic (exact) mass is 469 g/mol. The standard InChI is InChI=1S/C24H21F2N3O5/c1-28-20(27-13-19(21(28)30)34-22(31)17-10-6-3-7-11-17)18-12-24(25,26)15-29(18)23(32)33-14-16-8-4-2-5-9-16/h2-11,13,18H,12,14-15H2,1H3/t18-/m0/s1. The minimum absolute atomic E-state index is 0.0710. The molecule has 0 unspecified atom stereocenters. The Kier molecular flexibility index (Phi) is 6.40. The molecule has 0 aliphatic carbocycles. The van der Waals surface area contributed by atoms with E-state index >= 15 is 0 Å². The number of carbonyl (C=O) groups is 2. The summed E-state index contributed by atoms with van der Waals surface area (Å²) in [4.78, 5) is 42.6. The van der Waals surface area contributed by atoms with Gasteiger partial charge in [0.25, 0.3) is 11.5 Å². The fourth-order valence-corrected chi connectivity index (χ4v) is 3.69. The molecule has 1 saturated heterocycles. The molecular weight excluding hydrogens is 448 g/mol. The van der Waals surface area contributed by atoms with Crippen molar-refractivity contribution in [3.05, 3.63) is 94.2 Å². The van der Waals surface area contributed by atoms with Gasteiger partial charge >= 0.3 is 12.1 Å². The number of likely N-dealkylation sites (tertiary alicyclic amines) is 1. The summed E-state index contributed by atoms with van der Waals surface area (Å²) in [6.45, 7) is -0.957. The maximum Gasteiger partial charge on any atom is 0.410 e. The van der Waals surface area contributed by atoms with E-state index < -0.39 is 42.6 Å². The Hall–Kier alpha value is -4.08. The van der Waals surface area contributed by atoms with Gasteiger partial charge in [-0.3, -0.25) is 14.3 Å². The van der Waals surface area contributed by atoms with Crippen molar-refractivity contribution in [3.8, 4) is 5.75 Å². The average molecular weight is 469 g/mol. The Labute approximate surface area is 193 Å². The van der Waals surface area contributed by atoms with Crippen molar-refractivity contribution >= 4 is 12.1 Å². The number of ether oxygens (including phenoxy) is 2. The molecule has 0 radical (unpaired) electrons. The van der Waals surface area contributed by atoms with E-state index in [2.05, 4.69) is 4.98 Å². The Bertz CT molecular complexity index is 1250. The van der Waals surface area contributed by atoms with Crippen LogP contribution in [0.15, 0.2) is 71.7 Å². The number of rotatable bonds is 5. The Morgan fingerprint density at radius 2 is 1.74 bits per heavy atom. The van der Waals surface area contributed by atoms with Gasteiger partial charge in [-0.1, -0.05) is 48.5 Å². The van der Waals surface area contributed by atoms with E-state index in [1.54, 1.807) is 48.5 Å². The van der Waals surface area contributed by atoms with Crippen molar-refractivity contribution in [2.75, 3.05) is 6.54 Å². The SMILES string of the molecule is Cn1c([C@@H]2CC(F)(F)CN2C(=O)OCc2ccccc2)ncc(OC(=O)c2ccccc2)c1=O. The molecule has 0 spiro atoms. The van der Waals surface area contributed by atoms with Crippen LogP contribution in [0.5, 0.6) is 5.75 Å². The van der Waals surface area contributed by atoms with Crippen LogP contribution < -0.4 is 10.3 Å². The number of amides is 1. The van der Waals surface area contributed by atoms with Crippen LogP contribution in [-0.4, -0.2) is 39.0 Å². The highest BCUT2D eigenvalue weighted by atomic mass is 19.3. The van der Waals surface area contributed by atoms with Gasteiger partial charge in [0.1, 0.15) is 12.4 Å². The van der Waals surface area contributed by atoms with E-state index in [1.807, 2.05) is 0 Å². The van der Waals surface area contributed by atoms with Gasteiger partial charge in [-0.05, 0) is 17.7 Å². The molecular formula is C24H21F2N3O5. The third kappa shape index (κ3) is 4.95. The Morgan fingerprint density at radius 3 is 2.41 bits per heavy atom. The average Bonchev–Trinajstić information content (AvgIpc) is 3.17. The lowest BCUT2D eigenvalue weighted by molar-refractivity contribution is 0.0101. The van der Waals surface area contributed by atoms with Crippen molar-refractivity contribution in [1.29, 1.82) is 0 Å². The van der Waals surface area contributed by atoms with Crippen LogP contribution in [0.4, 0.5) is 13.6 Å². The smallest absolute Gasteiger partial charge is 0.410 e. The molecule has 4 rings (SSSR count). The molecule has 1 atom stereocenters. The number of carbonyl (C=O) groups excluding carboxylic acids is 2. The topological polar surface area (TPSA) is 90.7 Å². The molecule has 1 fully saturated rings. The van der Waals surface area contributed by atoms with Crippen molar-refractivity contribution in [3.63, 3.8) is 0 Å². The molecule has 34 heavy (non-hydrogen) atoms. The zero-order valence-electron chi connectivity index (χ0n) is 18.2. The highest BCUT2D eigenvalue weighted by molar-refractivity contribution is 5.90. The summed E-state index contributed by atoms with van der Waals surface area (Å²) in [5.74, 6) is -4.38. The van der Waals surface area contributed by atoms with Crippen molar-refractivity contribution in [2.45, 2.75) is 25.0 Å². The lowest BCUT2D eigenvalue weighted by Gasteiger charge is -2.24. The first-order valence-electron chi connectivity index (χ1n) is 10.4. The van der Waals surface area contributed by atoms with Crippen molar-refractivity contribution < 1.29 is 27.8 Å². The third-order valence-electron chi connectivity index (χ3n) is 5.39. The fraction of sp³-hybridized carbons (Fsp3) is 0.250. The number of alkyl halides is 2. The van der Waals surface area contributed by atoms with Gasteiger partial charge in [-0.2, -0.15) is 0 Å². The first kappa shape index (κ1) is 23.1. The van der Waals surface area contributed by atoms with E-state index in [1.165, 1.54) is 19.2 Å². The summed E-state index contributed by atoms with van der Waals surface area (Å²) >= 11 is 0. The van der Waals surface area contributed by atoms with Gasteiger partial charge in [-0.25, -0.2) is 23.4 Å². The molecule has 2 aromatic carbocycles. The predicted molar refractivity (Wildman–Crippen MR) is 117 cm³/mol. The number of nitrogens with zero attached hydrogens (tertiary/aromatic N) is 3. The summed E-state index contributed by atoms with van der Waals surface area (Å²) < 4.78 is 39.9. The lowest BCUT2D eigenvalue weighted by Crippen LogP contribution is -2.36. The summed E-state index contributed by atoms with van der Waals surface area (Å²) in [5, 5.41) is 0. The van der Waals surface area contributed by atoms with Crippen LogP contribution in [-0.2, 0) is 18.4 Å². The van der Waals surface area contributed by atoms with Crippen molar-refractivity contribution in [1.82, 2.24) is 14.5 Å². The van der Waals surface area contributed by atoms with Gasteiger partial charge in [-0.15, -0.1) is 0 Å². The van der Waals surface area contributed by atoms with Crippen molar-refractivity contribution in [2.24, 2.45) is 7.05 Å². The summed E-state index contributed by atoms with van der Waals surface area (Å²) in [7, 11) is 1.31. The third-order valence-corrected chi connectivity index (χ3v) is 5.39. The second kappa shape index (κ2) is 9.42. The zero-order chi connectivity index (χ0) is 24.3. The molecule has 1 aromatic heterocycles. The second-order valence-electron chi connectivity index (χ2n) is 7.84. The molecule has 8 nitrogen and oxygen atoms in total. The molecule has 176 valence electrons. The largest absolute Gasteiger partial charge is 0.445 e. The number of hydrogen-bond donors (Lipinski definition) is 0. The number of benzene rings is 2. The molecule has 0 N–H and O–H groups in total. The number of hydrogen-bond acceptors (Lipinski definition) is 6.